The lowest BCUT2D eigenvalue weighted by molar-refractivity contribution is 0.102. The highest BCUT2D eigenvalue weighted by Gasteiger charge is 2.61. The highest BCUT2D eigenvalue weighted by atomic mass is 19.1. The Morgan fingerprint density at radius 1 is 1.19 bits per heavy atom. The van der Waals surface area contributed by atoms with Gasteiger partial charge in [0.15, 0.2) is 0 Å². The minimum Gasteiger partial charge on any atom is -0.497 e. The molecule has 0 unspecified atom stereocenters. The zero-order valence-corrected chi connectivity index (χ0v) is 17.4. The molecule has 1 aliphatic heterocycles. The SMILES string of the molecule is COc1ccc(CN2CCC(N[C@@H]3C[C@H]4CC[C@]3(C)C4(C)C)CC2)c(F)c1. The molecule has 1 N–H and O–H groups in total. The third-order valence-electron chi connectivity index (χ3n) is 8.47. The zero-order chi connectivity index (χ0) is 19.2. The molecule has 1 aromatic rings. The zero-order valence-electron chi connectivity index (χ0n) is 17.4. The molecule has 1 aromatic carbocycles. The summed E-state index contributed by atoms with van der Waals surface area (Å²) < 4.78 is 19.3. The van der Waals surface area contributed by atoms with E-state index in [0.717, 1.165) is 37.4 Å². The Kier molecular flexibility index (Phi) is 5.00. The number of piperidine rings is 1. The standard InChI is InChI=1S/C23H35FN2O/c1-22(2)17-7-10-23(22,3)21(13-17)25-18-8-11-26(12-9-18)15-16-5-6-19(27-4)14-20(16)24/h5-6,14,17-18,21,25H,7-13,15H2,1-4H3/t17-,21-,23+/m1/s1. The number of methoxy groups -OCH3 is 1. The summed E-state index contributed by atoms with van der Waals surface area (Å²) in [5, 5.41) is 4.04. The number of hydrogen-bond acceptors (Lipinski definition) is 3. The highest BCUT2D eigenvalue weighted by Crippen LogP contribution is 2.65. The van der Waals surface area contributed by atoms with Gasteiger partial charge >= 0.3 is 0 Å². The van der Waals surface area contributed by atoms with Crippen LogP contribution in [0.5, 0.6) is 5.75 Å². The van der Waals surface area contributed by atoms with Crippen LogP contribution < -0.4 is 10.1 Å². The first-order valence-electron chi connectivity index (χ1n) is 10.6. The Hall–Kier alpha value is -1.13. The van der Waals surface area contributed by atoms with Crippen molar-refractivity contribution in [3.63, 3.8) is 0 Å². The number of rotatable bonds is 5. The summed E-state index contributed by atoms with van der Waals surface area (Å²) in [5.74, 6) is 1.31. The fourth-order valence-electron chi connectivity index (χ4n) is 6.02. The molecule has 3 fully saturated rings. The molecular formula is C23H35FN2O. The Bertz CT molecular complexity index is 683. The summed E-state index contributed by atoms with van der Waals surface area (Å²) >= 11 is 0. The van der Waals surface area contributed by atoms with E-state index in [1.807, 2.05) is 12.1 Å². The third-order valence-corrected chi connectivity index (χ3v) is 8.47. The van der Waals surface area contributed by atoms with Gasteiger partial charge in [0.05, 0.1) is 7.11 Å². The molecule has 4 heteroatoms. The summed E-state index contributed by atoms with van der Waals surface area (Å²) in [6.07, 6.45) is 6.46. The van der Waals surface area contributed by atoms with Crippen molar-refractivity contribution in [2.24, 2.45) is 16.7 Å². The highest BCUT2D eigenvalue weighted by molar-refractivity contribution is 5.28. The monoisotopic (exact) mass is 374 g/mol. The smallest absolute Gasteiger partial charge is 0.131 e. The molecule has 1 heterocycles. The van der Waals surface area contributed by atoms with Crippen LogP contribution in [0.3, 0.4) is 0 Å². The quantitative estimate of drug-likeness (QED) is 0.815. The van der Waals surface area contributed by atoms with Crippen LogP contribution in [-0.2, 0) is 6.54 Å². The summed E-state index contributed by atoms with van der Waals surface area (Å²) in [4.78, 5) is 2.38. The number of nitrogens with one attached hydrogen (secondary N) is 1. The topological polar surface area (TPSA) is 24.5 Å². The van der Waals surface area contributed by atoms with Gasteiger partial charge in [-0.3, -0.25) is 4.90 Å². The van der Waals surface area contributed by atoms with Crippen molar-refractivity contribution in [1.82, 2.24) is 10.2 Å². The number of halogens is 1. The van der Waals surface area contributed by atoms with Gasteiger partial charge in [0.25, 0.3) is 0 Å². The Morgan fingerprint density at radius 3 is 2.48 bits per heavy atom. The second-order valence-corrected chi connectivity index (χ2v) is 9.84. The molecule has 2 bridgehead atoms. The van der Waals surface area contributed by atoms with E-state index in [1.54, 1.807) is 7.11 Å². The molecule has 3 nitrogen and oxygen atoms in total. The van der Waals surface area contributed by atoms with Crippen molar-refractivity contribution >= 4 is 0 Å². The Labute approximate surface area is 163 Å². The molecule has 0 spiro atoms. The van der Waals surface area contributed by atoms with Gasteiger partial charge < -0.3 is 10.1 Å². The Balaban J connectivity index is 1.30. The first kappa shape index (κ1) is 19.2. The maximum Gasteiger partial charge on any atom is 0.131 e. The number of benzene rings is 1. The van der Waals surface area contributed by atoms with Crippen LogP contribution in [0.4, 0.5) is 4.39 Å². The minimum atomic E-state index is -0.160. The van der Waals surface area contributed by atoms with Gasteiger partial charge in [0.1, 0.15) is 11.6 Å². The predicted octanol–water partition coefficient (Wildman–Crippen LogP) is 4.60. The summed E-state index contributed by atoms with van der Waals surface area (Å²) in [7, 11) is 1.57. The number of fused-ring (bicyclic) bond motifs is 2. The molecule has 3 atom stereocenters. The van der Waals surface area contributed by atoms with Crippen LogP contribution >= 0.6 is 0 Å². The van der Waals surface area contributed by atoms with Crippen LogP contribution in [0.2, 0.25) is 0 Å². The maximum absolute atomic E-state index is 14.2. The van der Waals surface area contributed by atoms with E-state index < -0.39 is 0 Å². The van der Waals surface area contributed by atoms with Crippen molar-refractivity contribution in [2.45, 2.75) is 71.5 Å². The molecule has 1 saturated heterocycles. The first-order valence-corrected chi connectivity index (χ1v) is 10.6. The lowest BCUT2D eigenvalue weighted by atomic mass is 9.69. The van der Waals surface area contributed by atoms with Gasteiger partial charge in [-0.1, -0.05) is 26.8 Å². The normalized spacial score (nSPS) is 33.5. The van der Waals surface area contributed by atoms with Crippen molar-refractivity contribution in [3.05, 3.63) is 29.6 Å². The summed E-state index contributed by atoms with van der Waals surface area (Å²) in [6.45, 7) is 10.3. The first-order chi connectivity index (χ1) is 12.8. The van der Waals surface area contributed by atoms with Gasteiger partial charge in [-0.05, 0) is 68.0 Å². The largest absolute Gasteiger partial charge is 0.497 e. The number of hydrogen-bond donors (Lipinski definition) is 1. The summed E-state index contributed by atoms with van der Waals surface area (Å²) in [6, 6.07) is 6.48. The average Bonchev–Trinajstić information content (AvgIpc) is 2.98. The van der Waals surface area contributed by atoms with Gasteiger partial charge in [0, 0.05) is 30.3 Å². The van der Waals surface area contributed by atoms with E-state index in [1.165, 1.54) is 25.3 Å². The van der Waals surface area contributed by atoms with Crippen LogP contribution in [0.25, 0.3) is 0 Å². The molecule has 0 amide bonds. The van der Waals surface area contributed by atoms with E-state index >= 15 is 0 Å². The van der Waals surface area contributed by atoms with Crippen molar-refractivity contribution in [3.8, 4) is 5.75 Å². The van der Waals surface area contributed by atoms with Gasteiger partial charge in [-0.25, -0.2) is 4.39 Å². The third kappa shape index (κ3) is 3.29. The van der Waals surface area contributed by atoms with Crippen LogP contribution in [-0.4, -0.2) is 37.2 Å². The number of ether oxygens (including phenoxy) is 1. The molecule has 0 aromatic heterocycles. The van der Waals surface area contributed by atoms with Gasteiger partial charge in [-0.15, -0.1) is 0 Å². The fraction of sp³-hybridized carbons (Fsp3) is 0.739. The Morgan fingerprint density at radius 2 is 1.93 bits per heavy atom. The van der Waals surface area contributed by atoms with E-state index in [0.29, 0.717) is 35.2 Å². The van der Waals surface area contributed by atoms with Crippen molar-refractivity contribution in [2.75, 3.05) is 20.2 Å². The predicted molar refractivity (Wildman–Crippen MR) is 107 cm³/mol. The van der Waals surface area contributed by atoms with E-state index in [2.05, 4.69) is 31.0 Å². The van der Waals surface area contributed by atoms with Crippen LogP contribution in [0.15, 0.2) is 18.2 Å². The van der Waals surface area contributed by atoms with Crippen molar-refractivity contribution in [1.29, 1.82) is 0 Å². The molecule has 2 aliphatic carbocycles. The lowest BCUT2D eigenvalue weighted by Crippen LogP contribution is -2.51. The van der Waals surface area contributed by atoms with Crippen molar-refractivity contribution < 1.29 is 9.13 Å². The van der Waals surface area contributed by atoms with E-state index in [4.69, 9.17) is 4.74 Å². The fourth-order valence-corrected chi connectivity index (χ4v) is 6.02. The molecule has 0 radical (unpaired) electrons. The van der Waals surface area contributed by atoms with E-state index in [9.17, 15) is 4.39 Å². The summed E-state index contributed by atoms with van der Waals surface area (Å²) in [5.41, 5.74) is 1.68. The molecule has 2 saturated carbocycles. The molecular weight excluding hydrogens is 339 g/mol. The van der Waals surface area contributed by atoms with Crippen LogP contribution in [0, 0.1) is 22.6 Å². The average molecular weight is 375 g/mol. The lowest BCUT2D eigenvalue weighted by Gasteiger charge is -2.42. The number of nitrogens with zero attached hydrogens (tertiary/aromatic N) is 1. The van der Waals surface area contributed by atoms with Gasteiger partial charge in [-0.2, -0.15) is 0 Å². The van der Waals surface area contributed by atoms with Crippen LogP contribution in [0.1, 0.15) is 58.4 Å². The number of likely N-dealkylation sites (tertiary alicyclic amines) is 1. The molecule has 3 aliphatic rings. The second-order valence-electron chi connectivity index (χ2n) is 9.84. The minimum absolute atomic E-state index is 0.160. The van der Waals surface area contributed by atoms with E-state index in [-0.39, 0.29) is 5.82 Å². The molecule has 150 valence electrons. The van der Waals surface area contributed by atoms with Gasteiger partial charge in [0.2, 0.25) is 0 Å². The maximum atomic E-state index is 14.2. The second kappa shape index (κ2) is 7.04. The molecule has 27 heavy (non-hydrogen) atoms. The molecule has 4 rings (SSSR count).